The fourth-order valence-electron chi connectivity index (χ4n) is 1.43. The van der Waals surface area contributed by atoms with Crippen LogP contribution < -0.4 is 5.32 Å². The van der Waals surface area contributed by atoms with Crippen LogP contribution in [0.5, 0.6) is 0 Å². The number of benzene rings is 1. The first-order valence-corrected chi connectivity index (χ1v) is 6.50. The second-order valence-corrected chi connectivity index (χ2v) is 5.04. The number of rotatable bonds is 4. The Morgan fingerprint density at radius 2 is 2.35 bits per heavy atom. The van der Waals surface area contributed by atoms with E-state index in [2.05, 4.69) is 39.5 Å². The molecule has 0 saturated heterocycles. The first kappa shape index (κ1) is 12.4. The number of halogens is 2. The minimum atomic E-state index is 0.729. The fourth-order valence-corrected chi connectivity index (χ4v) is 2.44. The first-order valence-electron chi connectivity index (χ1n) is 5.05. The number of nitrogens with zero attached hydrogens (tertiary/aromatic N) is 2. The molecule has 1 aromatic heterocycles. The molecule has 88 valence electrons. The molecule has 2 aromatic rings. The highest BCUT2D eigenvalue weighted by atomic mass is 127. The summed E-state index contributed by atoms with van der Waals surface area (Å²) in [5, 5.41) is 4.00. The zero-order chi connectivity index (χ0) is 12.3. The van der Waals surface area contributed by atoms with Gasteiger partial charge in [0.05, 0.1) is 5.69 Å². The molecule has 2 rings (SSSR count). The molecule has 1 N–H and O–H groups in total. The number of allylic oxidation sites excluding steroid dienone is 1. The molecule has 17 heavy (non-hydrogen) atoms. The maximum absolute atomic E-state index is 5.91. The molecule has 0 fully saturated rings. The summed E-state index contributed by atoms with van der Waals surface area (Å²) >= 11 is 8.15. The normalized spacial score (nSPS) is 10.2. The van der Waals surface area contributed by atoms with Crippen molar-refractivity contribution in [3.63, 3.8) is 0 Å². The van der Waals surface area contributed by atoms with Crippen molar-refractivity contribution in [3.8, 4) is 0 Å². The number of aromatic nitrogens is 2. The Hall–Kier alpha value is -1.01. The van der Waals surface area contributed by atoms with Gasteiger partial charge in [0.1, 0.15) is 0 Å². The zero-order valence-electron chi connectivity index (χ0n) is 9.03. The number of hydrogen-bond donors (Lipinski definition) is 1. The van der Waals surface area contributed by atoms with Crippen molar-refractivity contribution in [1.29, 1.82) is 0 Å². The minimum absolute atomic E-state index is 0.729. The summed E-state index contributed by atoms with van der Waals surface area (Å²) < 4.78 is 3.04. The average molecular weight is 360 g/mol. The Morgan fingerprint density at radius 3 is 3.06 bits per heavy atom. The Kier molecular flexibility index (Phi) is 4.06. The molecule has 1 aromatic carbocycles. The third-order valence-corrected chi connectivity index (χ3v) is 3.35. The van der Waals surface area contributed by atoms with Gasteiger partial charge in [-0.05, 0) is 40.8 Å². The van der Waals surface area contributed by atoms with Crippen molar-refractivity contribution in [2.75, 3.05) is 5.32 Å². The highest BCUT2D eigenvalue weighted by molar-refractivity contribution is 14.1. The molecule has 0 spiro atoms. The van der Waals surface area contributed by atoms with Gasteiger partial charge >= 0.3 is 0 Å². The van der Waals surface area contributed by atoms with Gasteiger partial charge in [-0.15, -0.1) is 6.58 Å². The minimum Gasteiger partial charge on any atom is -0.325 e. The lowest BCUT2D eigenvalue weighted by Crippen LogP contribution is -2.02. The summed E-state index contributed by atoms with van der Waals surface area (Å²) in [5.41, 5.74) is 0.992. The largest absolute Gasteiger partial charge is 0.325 e. The number of hydrogen-bond acceptors (Lipinski definition) is 2. The summed E-state index contributed by atoms with van der Waals surface area (Å²) in [6.45, 7) is 4.45. The molecule has 0 saturated carbocycles. The van der Waals surface area contributed by atoms with Crippen LogP contribution in [0.1, 0.15) is 0 Å². The van der Waals surface area contributed by atoms with E-state index in [1.807, 2.05) is 35.0 Å². The number of imidazole rings is 1. The van der Waals surface area contributed by atoms with Crippen molar-refractivity contribution in [2.45, 2.75) is 6.54 Å². The maximum atomic E-state index is 5.91. The van der Waals surface area contributed by atoms with Crippen LogP contribution in [0.4, 0.5) is 11.6 Å². The van der Waals surface area contributed by atoms with E-state index in [1.165, 1.54) is 0 Å². The van der Waals surface area contributed by atoms with Gasteiger partial charge in [0, 0.05) is 27.5 Å². The second-order valence-electron chi connectivity index (χ2n) is 3.44. The average Bonchev–Trinajstić information content (AvgIpc) is 2.71. The van der Waals surface area contributed by atoms with E-state index in [-0.39, 0.29) is 0 Å². The lowest BCUT2D eigenvalue weighted by molar-refractivity contribution is 0.833. The van der Waals surface area contributed by atoms with Crippen LogP contribution in [0.3, 0.4) is 0 Å². The van der Waals surface area contributed by atoms with E-state index in [9.17, 15) is 0 Å². The molecule has 1 heterocycles. The topological polar surface area (TPSA) is 29.9 Å². The predicted molar refractivity (Wildman–Crippen MR) is 79.9 cm³/mol. The van der Waals surface area contributed by atoms with E-state index >= 15 is 0 Å². The highest BCUT2D eigenvalue weighted by Crippen LogP contribution is 2.24. The summed E-state index contributed by atoms with van der Waals surface area (Å²) in [6, 6.07) is 5.70. The SMILES string of the molecule is C=CCn1ccnc1Nc1ccc(Cl)cc1I. The van der Waals surface area contributed by atoms with Gasteiger partial charge in [-0.1, -0.05) is 17.7 Å². The van der Waals surface area contributed by atoms with Crippen molar-refractivity contribution in [3.05, 3.63) is 51.8 Å². The molecule has 0 aliphatic heterocycles. The van der Waals surface area contributed by atoms with Crippen molar-refractivity contribution in [1.82, 2.24) is 9.55 Å². The fraction of sp³-hybridized carbons (Fsp3) is 0.0833. The molecule has 0 aliphatic rings. The summed E-state index contributed by atoms with van der Waals surface area (Å²) in [6.07, 6.45) is 5.50. The van der Waals surface area contributed by atoms with E-state index in [4.69, 9.17) is 11.6 Å². The lowest BCUT2D eigenvalue weighted by Gasteiger charge is -2.09. The van der Waals surface area contributed by atoms with Crippen molar-refractivity contribution in [2.24, 2.45) is 0 Å². The second kappa shape index (κ2) is 5.55. The van der Waals surface area contributed by atoms with Crippen LogP contribution in [0.15, 0.2) is 43.2 Å². The molecule has 0 bridgehead atoms. The highest BCUT2D eigenvalue weighted by Gasteiger charge is 2.05. The Bertz CT molecular complexity index is 536. The van der Waals surface area contributed by atoms with Gasteiger partial charge in [0.15, 0.2) is 0 Å². The van der Waals surface area contributed by atoms with Crippen LogP contribution in [0, 0.1) is 3.57 Å². The van der Waals surface area contributed by atoms with E-state index < -0.39 is 0 Å². The van der Waals surface area contributed by atoms with E-state index in [0.717, 1.165) is 26.8 Å². The van der Waals surface area contributed by atoms with Gasteiger partial charge < -0.3 is 9.88 Å². The van der Waals surface area contributed by atoms with Crippen LogP contribution in [0.25, 0.3) is 0 Å². The molecule has 0 unspecified atom stereocenters. The van der Waals surface area contributed by atoms with Gasteiger partial charge in [-0.3, -0.25) is 0 Å². The van der Waals surface area contributed by atoms with Crippen molar-refractivity contribution >= 4 is 45.8 Å². The lowest BCUT2D eigenvalue weighted by atomic mass is 10.3. The summed E-state index contributed by atoms with van der Waals surface area (Å²) in [4.78, 5) is 4.26. The first-order chi connectivity index (χ1) is 8.20. The quantitative estimate of drug-likeness (QED) is 0.659. The molecular formula is C12H11ClIN3. The smallest absolute Gasteiger partial charge is 0.207 e. The van der Waals surface area contributed by atoms with Crippen LogP contribution in [-0.2, 0) is 6.54 Å². The van der Waals surface area contributed by atoms with Crippen LogP contribution >= 0.6 is 34.2 Å². The molecular weight excluding hydrogens is 349 g/mol. The molecule has 0 aliphatic carbocycles. The predicted octanol–water partition coefficient (Wildman–Crippen LogP) is 4.07. The van der Waals surface area contributed by atoms with Crippen LogP contribution in [0.2, 0.25) is 5.02 Å². The standard InChI is InChI=1S/C12H11ClIN3/c1-2-6-17-7-5-15-12(17)16-11-4-3-9(13)8-10(11)14/h2-5,7-8H,1,6H2,(H,15,16). The van der Waals surface area contributed by atoms with Crippen LogP contribution in [-0.4, -0.2) is 9.55 Å². The monoisotopic (exact) mass is 359 g/mol. The molecule has 3 nitrogen and oxygen atoms in total. The molecule has 0 amide bonds. The zero-order valence-corrected chi connectivity index (χ0v) is 11.9. The molecule has 0 atom stereocenters. The van der Waals surface area contributed by atoms with Gasteiger partial charge in [0.2, 0.25) is 5.95 Å². The van der Waals surface area contributed by atoms with E-state index in [1.54, 1.807) is 6.20 Å². The van der Waals surface area contributed by atoms with Gasteiger partial charge in [0.25, 0.3) is 0 Å². The molecule has 5 heteroatoms. The number of anilines is 2. The third-order valence-electron chi connectivity index (χ3n) is 2.22. The van der Waals surface area contributed by atoms with Gasteiger partial charge in [-0.25, -0.2) is 4.98 Å². The molecule has 0 radical (unpaired) electrons. The Balaban J connectivity index is 2.25. The number of nitrogens with one attached hydrogen (secondary N) is 1. The Morgan fingerprint density at radius 1 is 1.53 bits per heavy atom. The summed E-state index contributed by atoms with van der Waals surface area (Å²) in [7, 11) is 0. The summed E-state index contributed by atoms with van der Waals surface area (Å²) in [5.74, 6) is 0.796. The maximum Gasteiger partial charge on any atom is 0.207 e. The van der Waals surface area contributed by atoms with E-state index in [0.29, 0.717) is 0 Å². The third kappa shape index (κ3) is 3.01. The Labute approximate surface area is 119 Å². The van der Waals surface area contributed by atoms with Crippen molar-refractivity contribution < 1.29 is 0 Å². The van der Waals surface area contributed by atoms with Gasteiger partial charge in [-0.2, -0.15) is 0 Å².